The Hall–Kier alpha value is -3.22. The van der Waals surface area contributed by atoms with E-state index in [1.54, 1.807) is 4.90 Å². The predicted octanol–water partition coefficient (Wildman–Crippen LogP) is 4.30. The number of piperazine rings is 1. The van der Waals surface area contributed by atoms with Gasteiger partial charge in [-0.3, -0.25) is 0 Å². The van der Waals surface area contributed by atoms with Crippen LogP contribution in [0.15, 0.2) is 42.6 Å². The summed E-state index contributed by atoms with van der Waals surface area (Å²) >= 11 is 0. The molecule has 3 aromatic rings. The van der Waals surface area contributed by atoms with Crippen molar-refractivity contribution in [2.75, 3.05) is 37.7 Å². The lowest BCUT2D eigenvalue weighted by molar-refractivity contribution is 0.105. The second-order valence-electron chi connectivity index (χ2n) is 7.64. The van der Waals surface area contributed by atoms with Crippen molar-refractivity contribution in [3.05, 3.63) is 42.6 Å². The number of hydrogen-bond donors (Lipinski definition) is 1. The molecule has 0 atom stereocenters. The molecule has 1 aromatic carbocycles. The molecule has 0 saturated carbocycles. The van der Waals surface area contributed by atoms with E-state index in [9.17, 15) is 4.79 Å². The van der Waals surface area contributed by atoms with E-state index in [0.717, 1.165) is 46.8 Å². The molecular weight excluding hydrogens is 380 g/mol. The maximum absolute atomic E-state index is 12.0. The molecule has 0 radical (unpaired) electrons. The highest BCUT2D eigenvalue weighted by Crippen LogP contribution is 2.31. The minimum absolute atomic E-state index is 0.153. The van der Waals surface area contributed by atoms with Gasteiger partial charge in [0.2, 0.25) is 0 Å². The van der Waals surface area contributed by atoms with Crippen LogP contribution < -0.4 is 9.64 Å². The molecule has 1 saturated heterocycles. The van der Waals surface area contributed by atoms with Crippen molar-refractivity contribution in [1.82, 2.24) is 14.9 Å². The van der Waals surface area contributed by atoms with Gasteiger partial charge in [-0.15, -0.1) is 0 Å². The van der Waals surface area contributed by atoms with Crippen LogP contribution in [-0.4, -0.2) is 59.9 Å². The molecule has 7 heteroatoms. The Morgan fingerprint density at radius 3 is 2.53 bits per heavy atom. The van der Waals surface area contributed by atoms with E-state index in [1.807, 2.05) is 45.2 Å². The molecule has 1 aliphatic rings. The molecule has 1 N–H and O–H groups in total. The van der Waals surface area contributed by atoms with E-state index in [0.29, 0.717) is 19.7 Å². The molecule has 1 aliphatic heterocycles. The van der Waals surface area contributed by atoms with Gasteiger partial charge in [0.15, 0.2) is 0 Å². The summed E-state index contributed by atoms with van der Waals surface area (Å²) < 4.78 is 10.9. The summed E-state index contributed by atoms with van der Waals surface area (Å²) in [6.45, 7) is 9.10. The molecular formula is C23H28N4O3. The van der Waals surface area contributed by atoms with Crippen LogP contribution in [-0.2, 0) is 4.74 Å². The maximum Gasteiger partial charge on any atom is 0.409 e. The standard InChI is InChI=1S/C23H28N4O3/c1-4-29-23(28)27-13-11-26(12-14-27)21-9-10-24-22-19(21)15-20(25-22)17-5-7-18(8-6-17)30-16(2)3/h5-10,15-16H,4,11-14H2,1-3H3,(H,24,25). The van der Waals surface area contributed by atoms with Crippen molar-refractivity contribution in [1.29, 1.82) is 0 Å². The third kappa shape index (κ3) is 4.20. The second-order valence-corrected chi connectivity index (χ2v) is 7.64. The highest BCUT2D eigenvalue weighted by atomic mass is 16.6. The predicted molar refractivity (Wildman–Crippen MR) is 118 cm³/mol. The number of nitrogens with zero attached hydrogens (tertiary/aromatic N) is 3. The number of H-pyrrole nitrogens is 1. The van der Waals surface area contributed by atoms with Gasteiger partial charge in [-0.25, -0.2) is 9.78 Å². The molecule has 1 fully saturated rings. The van der Waals surface area contributed by atoms with Gasteiger partial charge in [-0.2, -0.15) is 0 Å². The second kappa shape index (κ2) is 8.65. The normalized spacial score (nSPS) is 14.4. The van der Waals surface area contributed by atoms with Crippen molar-refractivity contribution in [3.8, 4) is 17.0 Å². The molecule has 158 valence electrons. The Morgan fingerprint density at radius 2 is 1.87 bits per heavy atom. The van der Waals surface area contributed by atoms with Crippen molar-refractivity contribution in [2.45, 2.75) is 26.9 Å². The summed E-state index contributed by atoms with van der Waals surface area (Å²) in [4.78, 5) is 24.0. The lowest BCUT2D eigenvalue weighted by Gasteiger charge is -2.35. The van der Waals surface area contributed by atoms with Crippen molar-refractivity contribution in [2.24, 2.45) is 0 Å². The van der Waals surface area contributed by atoms with Crippen LogP contribution in [0.4, 0.5) is 10.5 Å². The van der Waals surface area contributed by atoms with Crippen LogP contribution in [0.25, 0.3) is 22.3 Å². The van der Waals surface area contributed by atoms with Crippen LogP contribution in [0, 0.1) is 0 Å². The van der Waals surface area contributed by atoms with E-state index >= 15 is 0 Å². The average molecular weight is 409 g/mol. The first-order chi connectivity index (χ1) is 14.5. The zero-order chi connectivity index (χ0) is 21.1. The van der Waals surface area contributed by atoms with Gasteiger partial charge < -0.3 is 24.3 Å². The van der Waals surface area contributed by atoms with Crippen molar-refractivity contribution >= 4 is 22.8 Å². The van der Waals surface area contributed by atoms with E-state index in [1.165, 1.54) is 0 Å². The third-order valence-corrected chi connectivity index (χ3v) is 5.19. The minimum Gasteiger partial charge on any atom is -0.491 e. The maximum atomic E-state index is 12.0. The summed E-state index contributed by atoms with van der Waals surface area (Å²) in [5.41, 5.74) is 4.09. The van der Waals surface area contributed by atoms with Gasteiger partial charge in [0.25, 0.3) is 0 Å². The molecule has 7 nitrogen and oxygen atoms in total. The van der Waals surface area contributed by atoms with Gasteiger partial charge in [-0.1, -0.05) is 0 Å². The van der Waals surface area contributed by atoms with Gasteiger partial charge in [0.1, 0.15) is 11.4 Å². The zero-order valence-electron chi connectivity index (χ0n) is 17.7. The van der Waals surface area contributed by atoms with Gasteiger partial charge in [0, 0.05) is 49.1 Å². The fraction of sp³-hybridized carbons (Fsp3) is 0.391. The Bertz CT molecular complexity index is 1000. The minimum atomic E-state index is -0.231. The highest BCUT2D eigenvalue weighted by molar-refractivity contribution is 5.94. The van der Waals surface area contributed by atoms with Gasteiger partial charge >= 0.3 is 6.09 Å². The molecule has 0 spiro atoms. The molecule has 1 amide bonds. The van der Waals surface area contributed by atoms with Crippen molar-refractivity contribution in [3.63, 3.8) is 0 Å². The summed E-state index contributed by atoms with van der Waals surface area (Å²) in [5, 5.41) is 1.08. The number of aromatic amines is 1. The largest absolute Gasteiger partial charge is 0.491 e. The van der Waals surface area contributed by atoms with E-state index in [-0.39, 0.29) is 12.2 Å². The number of aromatic nitrogens is 2. The monoisotopic (exact) mass is 408 g/mol. The highest BCUT2D eigenvalue weighted by Gasteiger charge is 2.23. The van der Waals surface area contributed by atoms with Crippen LogP contribution in [0.1, 0.15) is 20.8 Å². The average Bonchev–Trinajstić information content (AvgIpc) is 3.18. The van der Waals surface area contributed by atoms with Crippen LogP contribution in [0.2, 0.25) is 0 Å². The Morgan fingerprint density at radius 1 is 1.13 bits per heavy atom. The number of anilines is 1. The number of pyridine rings is 1. The lowest BCUT2D eigenvalue weighted by Crippen LogP contribution is -2.49. The van der Waals surface area contributed by atoms with Crippen LogP contribution in [0.5, 0.6) is 5.75 Å². The first kappa shape index (κ1) is 20.1. The van der Waals surface area contributed by atoms with E-state index in [4.69, 9.17) is 9.47 Å². The fourth-order valence-electron chi connectivity index (χ4n) is 3.77. The topological polar surface area (TPSA) is 70.7 Å². The molecule has 0 aliphatic carbocycles. The summed E-state index contributed by atoms with van der Waals surface area (Å²) in [5.74, 6) is 0.864. The summed E-state index contributed by atoms with van der Waals surface area (Å²) in [7, 11) is 0. The molecule has 3 heterocycles. The number of fused-ring (bicyclic) bond motifs is 1. The first-order valence-electron chi connectivity index (χ1n) is 10.5. The van der Waals surface area contributed by atoms with E-state index < -0.39 is 0 Å². The first-order valence-corrected chi connectivity index (χ1v) is 10.5. The fourth-order valence-corrected chi connectivity index (χ4v) is 3.77. The van der Waals surface area contributed by atoms with Gasteiger partial charge in [-0.05, 0) is 62.7 Å². The lowest BCUT2D eigenvalue weighted by atomic mass is 10.1. The zero-order valence-corrected chi connectivity index (χ0v) is 17.7. The van der Waals surface area contributed by atoms with Crippen LogP contribution >= 0.6 is 0 Å². The quantitative estimate of drug-likeness (QED) is 0.682. The summed E-state index contributed by atoms with van der Waals surface area (Å²) in [6, 6.07) is 12.3. The molecule has 2 aromatic heterocycles. The smallest absolute Gasteiger partial charge is 0.409 e. The Kier molecular flexibility index (Phi) is 5.79. The number of ether oxygens (including phenoxy) is 2. The number of amides is 1. The molecule has 30 heavy (non-hydrogen) atoms. The number of rotatable bonds is 5. The number of benzene rings is 1. The SMILES string of the molecule is CCOC(=O)N1CCN(c2ccnc3[nH]c(-c4ccc(OC(C)C)cc4)cc23)CC1. The van der Waals surface area contributed by atoms with Gasteiger partial charge in [0.05, 0.1) is 12.7 Å². The molecule has 0 unspecified atom stereocenters. The number of nitrogens with one attached hydrogen (secondary N) is 1. The van der Waals surface area contributed by atoms with Crippen molar-refractivity contribution < 1.29 is 14.3 Å². The van der Waals surface area contributed by atoms with E-state index in [2.05, 4.69) is 33.1 Å². The third-order valence-electron chi connectivity index (χ3n) is 5.19. The Labute approximate surface area is 176 Å². The molecule has 0 bridgehead atoms. The Balaban J connectivity index is 1.54. The summed E-state index contributed by atoms with van der Waals surface area (Å²) in [6.07, 6.45) is 1.75. The molecule has 4 rings (SSSR count). The number of hydrogen-bond acceptors (Lipinski definition) is 5. The number of carbonyl (C=O) groups excluding carboxylic acids is 1. The van der Waals surface area contributed by atoms with Crippen LogP contribution in [0.3, 0.4) is 0 Å². The number of carbonyl (C=O) groups is 1.